The minimum absolute atomic E-state index is 0.00463. The average molecular weight is 236 g/mol. The molecule has 0 amide bonds. The fourth-order valence-corrected chi connectivity index (χ4v) is 1.89. The van der Waals surface area contributed by atoms with Gasteiger partial charge in [0.1, 0.15) is 23.0 Å². The first-order chi connectivity index (χ1) is 7.91. The van der Waals surface area contributed by atoms with Crippen molar-refractivity contribution in [2.75, 3.05) is 5.73 Å². The predicted octanol–water partition coefficient (Wildman–Crippen LogP) is 3.53. The van der Waals surface area contributed by atoms with Gasteiger partial charge in [-0.05, 0) is 36.1 Å². The third kappa shape index (κ3) is 1.84. The molecule has 2 nitrogen and oxygen atoms in total. The Balaban J connectivity index is 2.88. The first kappa shape index (κ1) is 11.8. The van der Waals surface area contributed by atoms with E-state index in [4.69, 9.17) is 5.73 Å². The Labute approximate surface area is 98.5 Å². The van der Waals surface area contributed by atoms with Crippen molar-refractivity contribution in [2.24, 2.45) is 0 Å². The summed E-state index contributed by atoms with van der Waals surface area (Å²) in [4.78, 5) is 3.96. The van der Waals surface area contributed by atoms with Crippen molar-refractivity contribution >= 4 is 16.7 Å². The number of aryl methyl sites for hydroxylation is 1. The van der Waals surface area contributed by atoms with Gasteiger partial charge in [0.25, 0.3) is 0 Å². The van der Waals surface area contributed by atoms with Crippen LogP contribution in [-0.2, 0) is 0 Å². The highest BCUT2D eigenvalue weighted by Gasteiger charge is 2.15. The van der Waals surface area contributed by atoms with Crippen LogP contribution >= 0.6 is 0 Å². The average Bonchev–Trinajstić information content (AvgIpc) is 2.25. The van der Waals surface area contributed by atoms with Crippen molar-refractivity contribution in [3.8, 4) is 0 Å². The standard InChI is InChI=1S/C13H14F2N2/c1-6(2)8-5-9-11(15)7(3)4-10(14)12(9)17-13(8)16/h4-6H,1-3H3,(H2,16,17). The van der Waals surface area contributed by atoms with E-state index < -0.39 is 11.6 Å². The van der Waals surface area contributed by atoms with Crippen molar-refractivity contribution in [3.05, 3.63) is 34.9 Å². The summed E-state index contributed by atoms with van der Waals surface area (Å²) < 4.78 is 27.6. The number of hydrogen-bond acceptors (Lipinski definition) is 2. The van der Waals surface area contributed by atoms with Crippen LogP contribution in [0.4, 0.5) is 14.6 Å². The Bertz CT molecular complexity index is 592. The Kier molecular flexibility index (Phi) is 2.73. The van der Waals surface area contributed by atoms with Crippen LogP contribution in [0, 0.1) is 18.6 Å². The summed E-state index contributed by atoms with van der Waals surface area (Å²) in [7, 11) is 0. The molecule has 90 valence electrons. The van der Waals surface area contributed by atoms with Crippen LogP contribution in [-0.4, -0.2) is 4.98 Å². The molecule has 0 aliphatic heterocycles. The van der Waals surface area contributed by atoms with Gasteiger partial charge < -0.3 is 5.73 Å². The highest BCUT2D eigenvalue weighted by atomic mass is 19.1. The lowest BCUT2D eigenvalue weighted by Gasteiger charge is -2.11. The lowest BCUT2D eigenvalue weighted by Crippen LogP contribution is -2.02. The lowest BCUT2D eigenvalue weighted by atomic mass is 10.0. The first-order valence-electron chi connectivity index (χ1n) is 5.46. The molecule has 0 unspecified atom stereocenters. The normalized spacial score (nSPS) is 11.4. The molecule has 0 spiro atoms. The molecule has 4 heteroatoms. The highest BCUT2D eigenvalue weighted by molar-refractivity contribution is 5.83. The molecule has 0 saturated heterocycles. The minimum Gasteiger partial charge on any atom is -0.383 e. The number of anilines is 1. The number of nitrogen functional groups attached to an aromatic ring is 1. The van der Waals surface area contributed by atoms with Crippen LogP contribution in [0.25, 0.3) is 10.9 Å². The van der Waals surface area contributed by atoms with Gasteiger partial charge in [0, 0.05) is 5.39 Å². The number of hydrogen-bond donors (Lipinski definition) is 1. The van der Waals surface area contributed by atoms with E-state index in [0.29, 0.717) is 0 Å². The van der Waals surface area contributed by atoms with Crippen molar-refractivity contribution in [1.29, 1.82) is 0 Å². The van der Waals surface area contributed by atoms with Crippen molar-refractivity contribution in [2.45, 2.75) is 26.7 Å². The van der Waals surface area contributed by atoms with E-state index in [2.05, 4.69) is 4.98 Å². The molecule has 17 heavy (non-hydrogen) atoms. The zero-order valence-corrected chi connectivity index (χ0v) is 10.0. The van der Waals surface area contributed by atoms with E-state index in [1.807, 2.05) is 13.8 Å². The summed E-state index contributed by atoms with van der Waals surface area (Å²) in [5, 5.41) is 0.195. The van der Waals surface area contributed by atoms with Crippen LogP contribution in [0.1, 0.15) is 30.9 Å². The molecule has 2 aromatic rings. The monoisotopic (exact) mass is 236 g/mol. The molecule has 0 saturated carbocycles. The van der Waals surface area contributed by atoms with Crippen LogP contribution < -0.4 is 5.73 Å². The largest absolute Gasteiger partial charge is 0.383 e. The van der Waals surface area contributed by atoms with Crippen LogP contribution in [0.15, 0.2) is 12.1 Å². The molecule has 2 N–H and O–H groups in total. The second kappa shape index (κ2) is 3.95. The molecule has 1 heterocycles. The van der Waals surface area contributed by atoms with Crippen molar-refractivity contribution < 1.29 is 8.78 Å². The SMILES string of the molecule is Cc1cc(F)c2nc(N)c(C(C)C)cc2c1F. The van der Waals surface area contributed by atoms with Gasteiger partial charge in [-0.25, -0.2) is 13.8 Å². The van der Waals surface area contributed by atoms with Gasteiger partial charge in [0.05, 0.1) is 0 Å². The molecular weight excluding hydrogens is 222 g/mol. The Morgan fingerprint density at radius 3 is 2.47 bits per heavy atom. The molecule has 0 atom stereocenters. The number of halogens is 2. The zero-order chi connectivity index (χ0) is 12.7. The van der Waals surface area contributed by atoms with Gasteiger partial charge in [-0.15, -0.1) is 0 Å². The van der Waals surface area contributed by atoms with E-state index >= 15 is 0 Å². The third-order valence-electron chi connectivity index (χ3n) is 2.86. The number of nitrogens with zero attached hydrogens (tertiary/aromatic N) is 1. The van der Waals surface area contributed by atoms with Crippen LogP contribution in [0.5, 0.6) is 0 Å². The van der Waals surface area contributed by atoms with Gasteiger partial charge in [0.2, 0.25) is 0 Å². The number of rotatable bonds is 1. The van der Waals surface area contributed by atoms with Gasteiger partial charge in [-0.1, -0.05) is 13.8 Å². The fraction of sp³-hybridized carbons (Fsp3) is 0.308. The van der Waals surface area contributed by atoms with Gasteiger partial charge in [0.15, 0.2) is 0 Å². The Morgan fingerprint density at radius 1 is 1.24 bits per heavy atom. The number of benzene rings is 1. The molecule has 1 aromatic heterocycles. The first-order valence-corrected chi connectivity index (χ1v) is 5.46. The smallest absolute Gasteiger partial charge is 0.149 e. The highest BCUT2D eigenvalue weighted by Crippen LogP contribution is 2.29. The summed E-state index contributed by atoms with van der Waals surface area (Å²) in [5.41, 5.74) is 6.75. The van der Waals surface area contributed by atoms with E-state index in [0.717, 1.165) is 11.6 Å². The number of nitrogens with two attached hydrogens (primary N) is 1. The maximum atomic E-state index is 13.9. The van der Waals surface area contributed by atoms with E-state index in [1.54, 1.807) is 6.07 Å². The zero-order valence-electron chi connectivity index (χ0n) is 10.0. The quantitative estimate of drug-likeness (QED) is 0.822. The summed E-state index contributed by atoms with van der Waals surface area (Å²) in [6.07, 6.45) is 0. The second-order valence-corrected chi connectivity index (χ2v) is 4.50. The molecule has 0 bridgehead atoms. The Hall–Kier alpha value is -1.71. The van der Waals surface area contributed by atoms with E-state index in [9.17, 15) is 8.78 Å². The number of fused-ring (bicyclic) bond motifs is 1. The van der Waals surface area contributed by atoms with Gasteiger partial charge in [-0.2, -0.15) is 0 Å². The molecule has 2 rings (SSSR count). The van der Waals surface area contributed by atoms with Gasteiger partial charge >= 0.3 is 0 Å². The second-order valence-electron chi connectivity index (χ2n) is 4.50. The van der Waals surface area contributed by atoms with Crippen LogP contribution in [0.3, 0.4) is 0 Å². The molecule has 0 aliphatic rings. The predicted molar refractivity (Wildman–Crippen MR) is 64.9 cm³/mol. The summed E-state index contributed by atoms with van der Waals surface area (Å²) in [5.74, 6) is -0.596. The molecule has 0 radical (unpaired) electrons. The molecular formula is C13H14F2N2. The molecule has 0 aliphatic carbocycles. The van der Waals surface area contributed by atoms with E-state index in [-0.39, 0.29) is 28.2 Å². The number of aromatic nitrogens is 1. The van der Waals surface area contributed by atoms with Crippen molar-refractivity contribution in [1.82, 2.24) is 4.98 Å². The summed E-state index contributed by atoms with van der Waals surface area (Å²) in [6, 6.07) is 2.73. The Morgan fingerprint density at radius 2 is 1.88 bits per heavy atom. The van der Waals surface area contributed by atoms with Gasteiger partial charge in [-0.3, -0.25) is 0 Å². The van der Waals surface area contributed by atoms with Crippen LogP contribution in [0.2, 0.25) is 0 Å². The maximum absolute atomic E-state index is 13.9. The summed E-state index contributed by atoms with van der Waals surface area (Å²) in [6.45, 7) is 5.40. The van der Waals surface area contributed by atoms with E-state index in [1.165, 1.54) is 6.92 Å². The topological polar surface area (TPSA) is 38.9 Å². The molecule has 1 aromatic carbocycles. The molecule has 0 fully saturated rings. The van der Waals surface area contributed by atoms with Crippen molar-refractivity contribution in [3.63, 3.8) is 0 Å². The lowest BCUT2D eigenvalue weighted by molar-refractivity contribution is 0.607. The third-order valence-corrected chi connectivity index (χ3v) is 2.86. The minimum atomic E-state index is -0.541. The maximum Gasteiger partial charge on any atom is 0.149 e. The fourth-order valence-electron chi connectivity index (χ4n) is 1.89. The number of pyridine rings is 1. The summed E-state index contributed by atoms with van der Waals surface area (Å²) >= 11 is 0.